The molecule has 88 valence electrons. The number of esters is 1. The highest BCUT2D eigenvalue weighted by atomic mass is 32.2. The average molecular weight is 234 g/mol. The lowest BCUT2D eigenvalue weighted by Gasteiger charge is -2.20. The van der Waals surface area contributed by atoms with Gasteiger partial charge in [0.2, 0.25) is 0 Å². The Kier molecular flexibility index (Phi) is 3.43. The van der Waals surface area contributed by atoms with E-state index in [9.17, 15) is 13.2 Å². The summed E-state index contributed by atoms with van der Waals surface area (Å²) < 4.78 is 28.0. The predicted molar refractivity (Wildman–Crippen MR) is 57.3 cm³/mol. The third-order valence-corrected chi connectivity index (χ3v) is 4.55. The predicted octanol–water partition coefficient (Wildman–Crippen LogP) is 1.30. The van der Waals surface area contributed by atoms with Gasteiger partial charge in [0.25, 0.3) is 0 Å². The summed E-state index contributed by atoms with van der Waals surface area (Å²) in [7, 11) is -3.04. The molecule has 1 fully saturated rings. The van der Waals surface area contributed by atoms with Crippen LogP contribution < -0.4 is 0 Å². The van der Waals surface area contributed by atoms with Crippen LogP contribution in [0.15, 0.2) is 0 Å². The summed E-state index contributed by atoms with van der Waals surface area (Å²) in [5, 5.41) is -0.521. The van der Waals surface area contributed by atoms with Crippen LogP contribution in [0.3, 0.4) is 0 Å². The van der Waals surface area contributed by atoms with Gasteiger partial charge < -0.3 is 4.74 Å². The van der Waals surface area contributed by atoms with E-state index in [1.165, 1.54) is 0 Å². The molecule has 15 heavy (non-hydrogen) atoms. The molecule has 1 aliphatic rings. The van der Waals surface area contributed by atoms with Crippen molar-refractivity contribution >= 4 is 15.8 Å². The number of hydrogen-bond donors (Lipinski definition) is 0. The summed E-state index contributed by atoms with van der Waals surface area (Å²) in [5.74, 6) is -0.210. The first-order valence-electron chi connectivity index (χ1n) is 5.14. The highest BCUT2D eigenvalue weighted by Gasteiger charge is 2.34. The van der Waals surface area contributed by atoms with Gasteiger partial charge in [0, 0.05) is 0 Å². The summed E-state index contributed by atoms with van der Waals surface area (Å²) in [5.41, 5.74) is -0.542. The van der Waals surface area contributed by atoms with E-state index in [2.05, 4.69) is 0 Å². The third-order valence-electron chi connectivity index (χ3n) is 2.28. The Bertz CT molecular complexity index is 337. The largest absolute Gasteiger partial charge is 0.460 e. The molecule has 0 saturated carbocycles. The molecule has 0 bridgehead atoms. The van der Waals surface area contributed by atoms with E-state index >= 15 is 0 Å². The number of hydrogen-bond acceptors (Lipinski definition) is 4. The zero-order valence-corrected chi connectivity index (χ0v) is 10.3. The Morgan fingerprint density at radius 3 is 2.40 bits per heavy atom. The summed E-state index contributed by atoms with van der Waals surface area (Å²) in [6.45, 7) is 5.32. The van der Waals surface area contributed by atoms with E-state index < -0.39 is 26.7 Å². The Labute approximate surface area is 90.9 Å². The molecule has 0 aromatic rings. The third kappa shape index (κ3) is 3.81. The molecule has 0 radical (unpaired) electrons. The molecule has 1 rings (SSSR count). The minimum atomic E-state index is -3.04. The molecule has 0 spiro atoms. The van der Waals surface area contributed by atoms with E-state index in [-0.39, 0.29) is 12.2 Å². The molecule has 0 amide bonds. The van der Waals surface area contributed by atoms with Crippen LogP contribution in [0, 0.1) is 0 Å². The number of carbonyl (C=O) groups is 1. The van der Waals surface area contributed by atoms with Crippen LogP contribution in [0.4, 0.5) is 0 Å². The maximum atomic E-state index is 11.5. The lowest BCUT2D eigenvalue weighted by molar-refractivity contribution is -0.154. The van der Waals surface area contributed by atoms with Crippen molar-refractivity contribution in [1.82, 2.24) is 0 Å². The van der Waals surface area contributed by atoms with Crippen LogP contribution in [0.1, 0.15) is 40.0 Å². The minimum Gasteiger partial charge on any atom is -0.460 e. The van der Waals surface area contributed by atoms with Gasteiger partial charge in [-0.2, -0.15) is 0 Å². The molecular weight excluding hydrogens is 216 g/mol. The van der Waals surface area contributed by atoms with Gasteiger partial charge in [0.05, 0.1) is 17.4 Å². The maximum Gasteiger partial charge on any atom is 0.307 e. The van der Waals surface area contributed by atoms with Gasteiger partial charge in [-0.3, -0.25) is 4.79 Å². The van der Waals surface area contributed by atoms with Crippen molar-refractivity contribution in [3.05, 3.63) is 0 Å². The first kappa shape index (κ1) is 12.5. The minimum absolute atomic E-state index is 0.000394. The molecule has 1 unspecified atom stereocenters. The van der Waals surface area contributed by atoms with Crippen LogP contribution in [-0.4, -0.2) is 31.0 Å². The normalized spacial score (nSPS) is 25.1. The highest BCUT2D eigenvalue weighted by molar-refractivity contribution is 7.92. The van der Waals surface area contributed by atoms with Crippen LogP contribution in [-0.2, 0) is 19.4 Å². The Morgan fingerprint density at radius 2 is 2.00 bits per heavy atom. The van der Waals surface area contributed by atoms with Gasteiger partial charge in [0.15, 0.2) is 9.84 Å². The smallest absolute Gasteiger partial charge is 0.307 e. The average Bonchev–Trinajstić information content (AvgIpc) is 2.26. The molecule has 1 saturated heterocycles. The van der Waals surface area contributed by atoms with Gasteiger partial charge in [0.1, 0.15) is 5.60 Å². The van der Waals surface area contributed by atoms with Crippen molar-refractivity contribution in [2.24, 2.45) is 0 Å². The summed E-state index contributed by atoms with van der Waals surface area (Å²) in [6.07, 6.45) is 1.25. The van der Waals surface area contributed by atoms with Crippen molar-refractivity contribution in [2.75, 3.05) is 5.75 Å². The highest BCUT2D eigenvalue weighted by Crippen LogP contribution is 2.23. The maximum absolute atomic E-state index is 11.5. The molecular formula is C10H18O4S. The second-order valence-electron chi connectivity index (χ2n) is 4.92. The molecule has 0 aliphatic carbocycles. The number of sulfone groups is 1. The van der Waals surface area contributed by atoms with Gasteiger partial charge in [-0.25, -0.2) is 8.42 Å². The number of rotatable bonds is 2. The van der Waals surface area contributed by atoms with E-state index in [0.29, 0.717) is 12.8 Å². The molecule has 5 heteroatoms. The monoisotopic (exact) mass is 234 g/mol. The zero-order chi connectivity index (χ0) is 11.7. The summed E-state index contributed by atoms with van der Waals surface area (Å²) >= 11 is 0. The van der Waals surface area contributed by atoms with Crippen LogP contribution in [0.5, 0.6) is 0 Å². The van der Waals surface area contributed by atoms with Crippen LogP contribution >= 0.6 is 0 Å². The molecule has 4 nitrogen and oxygen atoms in total. The Hall–Kier alpha value is -0.580. The first-order chi connectivity index (χ1) is 6.71. The molecule has 0 N–H and O–H groups in total. The number of carbonyl (C=O) groups excluding carboxylic acids is 1. The molecule has 1 aliphatic heterocycles. The zero-order valence-electron chi connectivity index (χ0n) is 9.45. The standard InChI is InChI=1S/C10H18O4S/c1-10(2,3)14-9(11)7-8-5-4-6-15(8,12)13/h8H,4-7H2,1-3H3. The first-order valence-corrected chi connectivity index (χ1v) is 6.86. The van der Waals surface area contributed by atoms with Gasteiger partial charge in [-0.1, -0.05) is 0 Å². The Balaban J connectivity index is 2.53. The van der Waals surface area contributed by atoms with Crippen molar-refractivity contribution in [1.29, 1.82) is 0 Å². The lowest BCUT2D eigenvalue weighted by Crippen LogP contribution is -2.28. The van der Waals surface area contributed by atoms with Gasteiger partial charge in [-0.15, -0.1) is 0 Å². The summed E-state index contributed by atoms with van der Waals surface area (Å²) in [6, 6.07) is 0. The van der Waals surface area contributed by atoms with Gasteiger partial charge in [-0.05, 0) is 33.6 Å². The van der Waals surface area contributed by atoms with Crippen molar-refractivity contribution < 1.29 is 17.9 Å². The van der Waals surface area contributed by atoms with Crippen LogP contribution in [0.2, 0.25) is 0 Å². The lowest BCUT2D eigenvalue weighted by atomic mass is 10.1. The van der Waals surface area contributed by atoms with Crippen molar-refractivity contribution in [3.8, 4) is 0 Å². The van der Waals surface area contributed by atoms with E-state index in [0.717, 1.165) is 0 Å². The molecule has 1 atom stereocenters. The molecule has 1 heterocycles. The van der Waals surface area contributed by atoms with Gasteiger partial charge >= 0.3 is 5.97 Å². The Morgan fingerprint density at radius 1 is 1.40 bits per heavy atom. The fourth-order valence-corrected chi connectivity index (χ4v) is 3.47. The van der Waals surface area contributed by atoms with Crippen LogP contribution in [0.25, 0.3) is 0 Å². The topological polar surface area (TPSA) is 60.4 Å². The fraction of sp³-hybridized carbons (Fsp3) is 0.900. The number of ether oxygens (including phenoxy) is 1. The SMILES string of the molecule is CC(C)(C)OC(=O)CC1CCCS1(=O)=O. The fourth-order valence-electron chi connectivity index (χ4n) is 1.66. The summed E-state index contributed by atoms with van der Waals surface area (Å²) in [4.78, 5) is 11.4. The van der Waals surface area contributed by atoms with E-state index in [4.69, 9.17) is 4.74 Å². The van der Waals surface area contributed by atoms with E-state index in [1.807, 2.05) is 0 Å². The van der Waals surface area contributed by atoms with Crippen molar-refractivity contribution in [2.45, 2.75) is 50.9 Å². The second kappa shape index (κ2) is 4.12. The molecule has 0 aromatic heterocycles. The quantitative estimate of drug-likeness (QED) is 0.676. The van der Waals surface area contributed by atoms with E-state index in [1.54, 1.807) is 20.8 Å². The van der Waals surface area contributed by atoms with Crippen molar-refractivity contribution in [3.63, 3.8) is 0 Å². The second-order valence-corrected chi connectivity index (χ2v) is 7.32. The molecule has 0 aromatic carbocycles.